The zero-order valence-corrected chi connectivity index (χ0v) is 16.6. The molecular weight excluding hydrogens is 438 g/mol. The third-order valence-electron chi connectivity index (χ3n) is 3.64. The Morgan fingerprint density at radius 3 is 2.74 bits per heavy atom. The molecule has 9 heteroatoms. The minimum absolute atomic E-state index is 0.0506. The van der Waals surface area contributed by atoms with Gasteiger partial charge >= 0.3 is 5.69 Å². The number of rotatable bonds is 5. The summed E-state index contributed by atoms with van der Waals surface area (Å²) < 4.78 is 5.34. The summed E-state index contributed by atoms with van der Waals surface area (Å²) in [5.41, 5.74) is 0.911. The van der Waals surface area contributed by atoms with Crippen molar-refractivity contribution in [3.05, 3.63) is 66.6 Å². The lowest BCUT2D eigenvalue weighted by Crippen LogP contribution is -2.14. The first kappa shape index (κ1) is 20.4. The molecule has 2 aromatic rings. The third-order valence-corrected chi connectivity index (χ3v) is 4.64. The van der Waals surface area contributed by atoms with Crippen LogP contribution in [0.5, 0.6) is 5.75 Å². The molecule has 0 unspecified atom stereocenters. The van der Waals surface area contributed by atoms with E-state index < -0.39 is 10.8 Å². The number of carbonyl (C=O) groups is 1. The van der Waals surface area contributed by atoms with Crippen molar-refractivity contribution in [1.29, 1.82) is 5.26 Å². The van der Waals surface area contributed by atoms with Gasteiger partial charge in [0.2, 0.25) is 5.75 Å². The smallest absolute Gasteiger partial charge is 0.312 e. The van der Waals surface area contributed by atoms with Crippen LogP contribution in [0.3, 0.4) is 0 Å². The topological polar surface area (TPSA) is 105 Å². The molecule has 0 aromatic heterocycles. The second-order valence-corrected chi connectivity index (χ2v) is 6.61. The van der Waals surface area contributed by atoms with Crippen LogP contribution in [0.1, 0.15) is 11.1 Å². The number of amides is 1. The van der Waals surface area contributed by atoms with Crippen molar-refractivity contribution in [2.24, 2.45) is 0 Å². The van der Waals surface area contributed by atoms with Crippen LogP contribution in [-0.2, 0) is 4.79 Å². The van der Waals surface area contributed by atoms with E-state index in [2.05, 4.69) is 21.2 Å². The normalized spacial score (nSPS) is 10.9. The maximum absolute atomic E-state index is 12.4. The van der Waals surface area contributed by atoms with E-state index in [0.29, 0.717) is 26.3 Å². The Bertz CT molecular complexity index is 999. The van der Waals surface area contributed by atoms with Gasteiger partial charge in [-0.1, -0.05) is 17.7 Å². The van der Waals surface area contributed by atoms with Crippen molar-refractivity contribution in [3.8, 4) is 11.8 Å². The molecule has 0 saturated heterocycles. The van der Waals surface area contributed by atoms with Crippen molar-refractivity contribution in [3.63, 3.8) is 0 Å². The highest BCUT2D eigenvalue weighted by molar-refractivity contribution is 9.10. The monoisotopic (exact) mass is 449 g/mol. The fourth-order valence-corrected chi connectivity index (χ4v) is 3.07. The second-order valence-electron chi connectivity index (χ2n) is 5.35. The van der Waals surface area contributed by atoms with Crippen molar-refractivity contribution in [2.45, 2.75) is 6.92 Å². The Balaban J connectivity index is 2.41. The lowest BCUT2D eigenvalue weighted by molar-refractivity contribution is -0.385. The van der Waals surface area contributed by atoms with Gasteiger partial charge in [0, 0.05) is 16.8 Å². The largest absolute Gasteiger partial charge is 0.489 e. The van der Waals surface area contributed by atoms with Gasteiger partial charge in [0.1, 0.15) is 11.6 Å². The number of nitriles is 1. The van der Waals surface area contributed by atoms with E-state index in [1.54, 1.807) is 31.2 Å². The zero-order valence-electron chi connectivity index (χ0n) is 14.2. The molecule has 0 aliphatic carbocycles. The van der Waals surface area contributed by atoms with E-state index in [0.717, 1.165) is 0 Å². The first-order valence-corrected chi connectivity index (χ1v) is 8.65. The van der Waals surface area contributed by atoms with Gasteiger partial charge in [-0.2, -0.15) is 5.26 Å². The number of ether oxygens (including phenoxy) is 1. The van der Waals surface area contributed by atoms with E-state index in [4.69, 9.17) is 16.3 Å². The molecule has 0 aliphatic rings. The molecule has 1 N–H and O–H groups in total. The van der Waals surface area contributed by atoms with Crippen LogP contribution in [0.2, 0.25) is 5.02 Å². The summed E-state index contributed by atoms with van der Waals surface area (Å²) in [5.74, 6) is -0.605. The summed E-state index contributed by atoms with van der Waals surface area (Å²) in [7, 11) is 1.31. The average Bonchev–Trinajstić information content (AvgIpc) is 2.62. The molecule has 0 saturated carbocycles. The molecule has 0 aliphatic heterocycles. The van der Waals surface area contributed by atoms with E-state index in [-0.39, 0.29) is 17.0 Å². The Morgan fingerprint density at radius 2 is 2.15 bits per heavy atom. The van der Waals surface area contributed by atoms with Gasteiger partial charge in [-0.25, -0.2) is 0 Å². The highest BCUT2D eigenvalue weighted by Crippen LogP contribution is 2.36. The number of hydrogen-bond donors (Lipinski definition) is 1. The first-order chi connectivity index (χ1) is 12.8. The summed E-state index contributed by atoms with van der Waals surface area (Å²) in [6, 6.07) is 9.55. The second kappa shape index (κ2) is 8.66. The highest BCUT2D eigenvalue weighted by Gasteiger charge is 2.20. The number of anilines is 1. The zero-order chi connectivity index (χ0) is 20.1. The number of carbonyl (C=O) groups excluding carboxylic acids is 1. The lowest BCUT2D eigenvalue weighted by atomic mass is 10.1. The van der Waals surface area contributed by atoms with Crippen LogP contribution in [0.25, 0.3) is 6.08 Å². The van der Waals surface area contributed by atoms with Gasteiger partial charge in [-0.05, 0) is 58.3 Å². The van der Waals surface area contributed by atoms with Crippen LogP contribution >= 0.6 is 27.5 Å². The molecule has 0 radical (unpaired) electrons. The quantitative estimate of drug-likeness (QED) is 0.303. The molecule has 27 heavy (non-hydrogen) atoms. The molecular formula is C18H13BrClN3O4. The molecule has 1 amide bonds. The molecule has 138 valence electrons. The summed E-state index contributed by atoms with van der Waals surface area (Å²) in [6.07, 6.45) is 1.26. The maximum Gasteiger partial charge on any atom is 0.312 e. The fraction of sp³-hybridized carbons (Fsp3) is 0.111. The summed E-state index contributed by atoms with van der Waals surface area (Å²) in [6.45, 7) is 1.73. The third kappa shape index (κ3) is 4.64. The number of halogens is 2. The van der Waals surface area contributed by atoms with Gasteiger partial charge in [-0.3, -0.25) is 14.9 Å². The average molecular weight is 451 g/mol. The van der Waals surface area contributed by atoms with Crippen molar-refractivity contribution in [2.75, 3.05) is 12.4 Å². The Kier molecular flexibility index (Phi) is 6.55. The molecule has 0 fully saturated rings. The van der Waals surface area contributed by atoms with Gasteiger partial charge < -0.3 is 10.1 Å². The predicted molar refractivity (Wildman–Crippen MR) is 106 cm³/mol. The molecule has 0 bridgehead atoms. The maximum atomic E-state index is 12.4. The minimum atomic E-state index is -0.655. The number of methoxy groups -OCH3 is 1. The van der Waals surface area contributed by atoms with Crippen LogP contribution < -0.4 is 10.1 Å². The predicted octanol–water partition coefficient (Wildman–Crippen LogP) is 4.87. The van der Waals surface area contributed by atoms with E-state index >= 15 is 0 Å². The van der Waals surface area contributed by atoms with Gasteiger partial charge in [-0.15, -0.1) is 0 Å². The molecule has 0 atom stereocenters. The fourth-order valence-electron chi connectivity index (χ4n) is 2.27. The van der Waals surface area contributed by atoms with Gasteiger partial charge in [0.25, 0.3) is 5.91 Å². The molecule has 0 heterocycles. The Labute approximate surface area is 168 Å². The molecule has 2 rings (SSSR count). The molecule has 0 spiro atoms. The SMILES string of the molecule is COc1c(Br)cc(/C=C(\C#N)C(=O)Nc2cccc(Cl)c2C)cc1[N+](=O)[O-]. The number of nitro groups is 1. The standard InChI is InChI=1S/C18H13BrClN3O4/c1-10-14(20)4-3-5-15(10)22-18(24)12(9-21)6-11-7-13(19)17(27-2)16(8-11)23(25)26/h3-8H,1-2H3,(H,22,24)/b12-6+. The minimum Gasteiger partial charge on any atom is -0.489 e. The van der Waals surface area contributed by atoms with Crippen molar-refractivity contribution < 1.29 is 14.5 Å². The summed E-state index contributed by atoms with van der Waals surface area (Å²) in [4.78, 5) is 23.0. The van der Waals surface area contributed by atoms with E-state index in [9.17, 15) is 20.2 Å². The van der Waals surface area contributed by atoms with E-state index in [1.165, 1.54) is 25.3 Å². The number of nitrogens with zero attached hydrogens (tertiary/aromatic N) is 2. The number of nitrogens with one attached hydrogen (secondary N) is 1. The van der Waals surface area contributed by atoms with Crippen LogP contribution in [0.4, 0.5) is 11.4 Å². The van der Waals surface area contributed by atoms with Gasteiger partial charge in [0.15, 0.2) is 0 Å². The van der Waals surface area contributed by atoms with Crippen molar-refractivity contribution >= 4 is 50.9 Å². The van der Waals surface area contributed by atoms with Crippen molar-refractivity contribution in [1.82, 2.24) is 0 Å². The van der Waals surface area contributed by atoms with Gasteiger partial charge in [0.05, 0.1) is 16.5 Å². The number of hydrogen-bond acceptors (Lipinski definition) is 5. The Morgan fingerprint density at radius 1 is 1.44 bits per heavy atom. The van der Waals surface area contributed by atoms with Crippen LogP contribution in [0, 0.1) is 28.4 Å². The molecule has 7 nitrogen and oxygen atoms in total. The van der Waals surface area contributed by atoms with E-state index in [1.807, 2.05) is 0 Å². The first-order valence-electron chi connectivity index (χ1n) is 7.48. The number of nitro benzene ring substituents is 1. The summed E-state index contributed by atoms with van der Waals surface area (Å²) >= 11 is 9.21. The highest BCUT2D eigenvalue weighted by atomic mass is 79.9. The Hall–Kier alpha value is -2.89. The molecule has 2 aromatic carbocycles. The summed E-state index contributed by atoms with van der Waals surface area (Å²) in [5, 5.41) is 23.6. The lowest BCUT2D eigenvalue weighted by Gasteiger charge is -2.09. The van der Waals surface area contributed by atoms with Crippen LogP contribution in [-0.4, -0.2) is 17.9 Å². The number of benzene rings is 2. The van der Waals surface area contributed by atoms with Crippen LogP contribution in [0.15, 0.2) is 40.4 Å².